The minimum absolute atomic E-state index is 0.159. The number of piperidine rings is 1. The third kappa shape index (κ3) is 4.61. The van der Waals surface area contributed by atoms with Crippen LogP contribution in [-0.4, -0.2) is 56.9 Å². The zero-order chi connectivity index (χ0) is 28.8. The zero-order valence-corrected chi connectivity index (χ0v) is 19.7. The van der Waals surface area contributed by atoms with Gasteiger partial charge in [0, 0.05) is 54.2 Å². The first kappa shape index (κ1) is 21.1. The Morgan fingerprint density at radius 3 is 2.46 bits per heavy atom. The van der Waals surface area contributed by atoms with Gasteiger partial charge in [0.25, 0.3) is 5.91 Å². The van der Waals surface area contributed by atoms with Gasteiger partial charge in [0.15, 0.2) is 5.82 Å². The van der Waals surface area contributed by atoms with E-state index in [4.69, 9.17) is 4.11 Å². The third-order valence-electron chi connectivity index (χ3n) is 6.60. The number of alkyl halides is 3. The number of carbonyl (C=O) groups excluding carboxylic acids is 1. The van der Waals surface area contributed by atoms with Gasteiger partial charge in [-0.1, -0.05) is 24.3 Å². The summed E-state index contributed by atoms with van der Waals surface area (Å²) in [5.74, 6) is -1.93. The van der Waals surface area contributed by atoms with Gasteiger partial charge in [-0.05, 0) is 37.1 Å². The molecule has 1 saturated heterocycles. The molecule has 37 heavy (non-hydrogen) atoms. The van der Waals surface area contributed by atoms with Crippen molar-refractivity contribution >= 4 is 22.5 Å². The van der Waals surface area contributed by atoms with Crippen LogP contribution in [0.5, 0.6) is 0 Å². The van der Waals surface area contributed by atoms with Gasteiger partial charge in [-0.15, -0.1) is 10.2 Å². The molecule has 3 heterocycles. The van der Waals surface area contributed by atoms with E-state index in [1.807, 2.05) is 35.2 Å². The molecule has 0 radical (unpaired) electrons. The lowest BCUT2D eigenvalue weighted by molar-refractivity contribution is -0.138. The summed E-state index contributed by atoms with van der Waals surface area (Å²) in [6.07, 6.45) is -3.07. The second-order valence-electron chi connectivity index (χ2n) is 8.84. The van der Waals surface area contributed by atoms with Gasteiger partial charge in [0.05, 0.1) is 16.8 Å². The molecule has 1 fully saturated rings. The van der Waals surface area contributed by atoms with E-state index < -0.39 is 42.0 Å². The molecule has 192 valence electrons. The Kier molecular flexibility index (Phi) is 5.39. The lowest BCUT2D eigenvalue weighted by Crippen LogP contribution is -2.46. The molecule has 0 unspecified atom stereocenters. The molecule has 1 aliphatic heterocycles. The van der Waals surface area contributed by atoms with Crippen LogP contribution in [-0.2, 0) is 13.2 Å². The Morgan fingerprint density at radius 1 is 1.08 bits per heavy atom. The maximum atomic E-state index is 13.6. The number of hydrogen-bond acceptors (Lipinski definition) is 5. The molecule has 0 aliphatic carbocycles. The van der Waals surface area contributed by atoms with Crippen molar-refractivity contribution in [3.8, 4) is 11.4 Å². The standard InChI is InChI=1S/C26H24F4N6O/c1-34(25(37)20-8-7-16(27)15-21(20)26(28,29)30)17-10-13-36(14-11-17)24-19-6-4-3-5-18(19)23(32-33-24)22-9-12-31-35(22)2/h3-9,12,15,17H,10-11,13-14H2,1-2H3/i1D3. The van der Waals surface area contributed by atoms with E-state index in [0.29, 0.717) is 28.5 Å². The van der Waals surface area contributed by atoms with Gasteiger partial charge in [-0.3, -0.25) is 9.48 Å². The van der Waals surface area contributed by atoms with Crippen molar-refractivity contribution in [2.45, 2.75) is 25.1 Å². The number of nitrogens with zero attached hydrogens (tertiary/aromatic N) is 6. The van der Waals surface area contributed by atoms with Crippen molar-refractivity contribution in [2.75, 3.05) is 25.0 Å². The van der Waals surface area contributed by atoms with Crippen LogP contribution in [0, 0.1) is 5.82 Å². The highest BCUT2D eigenvalue weighted by atomic mass is 19.4. The predicted molar refractivity (Wildman–Crippen MR) is 130 cm³/mol. The summed E-state index contributed by atoms with van der Waals surface area (Å²) >= 11 is 0. The van der Waals surface area contributed by atoms with Crippen molar-refractivity contribution in [1.82, 2.24) is 24.9 Å². The molecular formula is C26H24F4N6O. The number of aromatic nitrogens is 4. The van der Waals surface area contributed by atoms with Gasteiger partial charge in [0.1, 0.15) is 11.5 Å². The molecule has 0 bridgehead atoms. The Balaban J connectivity index is 1.43. The number of hydrogen-bond donors (Lipinski definition) is 0. The van der Waals surface area contributed by atoms with Crippen molar-refractivity contribution < 1.29 is 26.5 Å². The van der Waals surface area contributed by atoms with E-state index >= 15 is 0 Å². The van der Waals surface area contributed by atoms with Crippen LogP contribution in [0.3, 0.4) is 0 Å². The number of rotatable bonds is 4. The number of halogens is 4. The highest BCUT2D eigenvalue weighted by Gasteiger charge is 2.37. The summed E-state index contributed by atoms with van der Waals surface area (Å²) in [5, 5.41) is 14.8. The van der Waals surface area contributed by atoms with Crippen LogP contribution in [0.15, 0.2) is 54.7 Å². The normalized spacial score (nSPS) is 16.4. The molecule has 0 atom stereocenters. The second-order valence-corrected chi connectivity index (χ2v) is 8.84. The van der Waals surface area contributed by atoms with E-state index in [-0.39, 0.29) is 32.0 Å². The molecule has 2 aromatic heterocycles. The summed E-state index contributed by atoms with van der Waals surface area (Å²) in [5.41, 5.74) is -0.998. The fourth-order valence-electron chi connectivity index (χ4n) is 4.69. The molecule has 0 spiro atoms. The van der Waals surface area contributed by atoms with Crippen LogP contribution >= 0.6 is 0 Å². The zero-order valence-electron chi connectivity index (χ0n) is 22.7. The number of aryl methyl sites for hydroxylation is 1. The summed E-state index contributed by atoms with van der Waals surface area (Å²) in [4.78, 5) is 15.7. The maximum Gasteiger partial charge on any atom is 0.417 e. The Morgan fingerprint density at radius 2 is 1.81 bits per heavy atom. The molecule has 11 heteroatoms. The molecule has 0 saturated carbocycles. The van der Waals surface area contributed by atoms with E-state index in [9.17, 15) is 22.4 Å². The summed E-state index contributed by atoms with van der Waals surface area (Å²) < 4.78 is 79.9. The third-order valence-corrected chi connectivity index (χ3v) is 6.60. The number of fused-ring (bicyclic) bond motifs is 1. The van der Waals surface area contributed by atoms with E-state index in [2.05, 4.69) is 15.3 Å². The number of carbonyl (C=O) groups is 1. The summed E-state index contributed by atoms with van der Waals surface area (Å²) in [6.45, 7) is -2.45. The Labute approximate surface area is 214 Å². The van der Waals surface area contributed by atoms with Crippen molar-refractivity contribution in [1.29, 1.82) is 0 Å². The molecule has 0 N–H and O–H groups in total. The van der Waals surface area contributed by atoms with Crippen LogP contribution < -0.4 is 4.90 Å². The summed E-state index contributed by atoms with van der Waals surface area (Å²) in [7, 11) is 1.80. The quantitative estimate of drug-likeness (QED) is 0.361. The molecular weight excluding hydrogens is 488 g/mol. The SMILES string of the molecule is [2H]C([2H])([2H])N(C(=O)c1ccc(F)cc1C(F)(F)F)C1CCN(c2nnc(-c3ccnn3C)c3ccccc23)CC1. The first-order valence-electron chi connectivity index (χ1n) is 13.1. The molecule has 2 aromatic carbocycles. The number of benzene rings is 2. The minimum atomic E-state index is -5.04. The maximum absolute atomic E-state index is 13.6. The molecule has 1 amide bonds. The smallest absolute Gasteiger partial charge is 0.354 e. The summed E-state index contributed by atoms with van der Waals surface area (Å²) in [6, 6.07) is 10.1. The van der Waals surface area contributed by atoms with Gasteiger partial charge >= 0.3 is 6.18 Å². The van der Waals surface area contributed by atoms with Crippen molar-refractivity contribution in [3.05, 3.63) is 71.7 Å². The second kappa shape index (κ2) is 9.45. The number of anilines is 1. The van der Waals surface area contributed by atoms with Crippen molar-refractivity contribution in [2.24, 2.45) is 7.05 Å². The molecule has 5 rings (SSSR count). The molecule has 7 nitrogen and oxygen atoms in total. The van der Waals surface area contributed by atoms with Gasteiger partial charge in [-0.2, -0.15) is 18.3 Å². The van der Waals surface area contributed by atoms with Gasteiger partial charge in [-0.25, -0.2) is 4.39 Å². The van der Waals surface area contributed by atoms with Crippen LogP contribution in [0.4, 0.5) is 23.4 Å². The fourth-order valence-corrected chi connectivity index (χ4v) is 4.69. The Hall–Kier alpha value is -4.02. The molecule has 1 aliphatic rings. The Bertz CT molecular complexity index is 1560. The fraction of sp³-hybridized carbons (Fsp3) is 0.308. The van der Waals surface area contributed by atoms with Crippen LogP contribution in [0.1, 0.15) is 32.9 Å². The lowest BCUT2D eigenvalue weighted by Gasteiger charge is -2.37. The predicted octanol–water partition coefficient (Wildman–Crippen LogP) is 4.93. The van der Waals surface area contributed by atoms with Crippen LogP contribution in [0.2, 0.25) is 0 Å². The van der Waals surface area contributed by atoms with Crippen molar-refractivity contribution in [3.63, 3.8) is 0 Å². The highest BCUT2D eigenvalue weighted by molar-refractivity contribution is 6.00. The van der Waals surface area contributed by atoms with E-state index in [0.717, 1.165) is 16.5 Å². The van der Waals surface area contributed by atoms with E-state index in [1.54, 1.807) is 17.9 Å². The monoisotopic (exact) mass is 515 g/mol. The first-order chi connectivity index (χ1) is 18.9. The number of amides is 1. The average Bonchev–Trinajstić information content (AvgIpc) is 3.32. The van der Waals surface area contributed by atoms with Crippen LogP contribution in [0.25, 0.3) is 22.2 Å². The lowest BCUT2D eigenvalue weighted by atomic mass is 10.00. The van der Waals surface area contributed by atoms with Gasteiger partial charge in [0.2, 0.25) is 0 Å². The highest BCUT2D eigenvalue weighted by Crippen LogP contribution is 2.35. The average molecular weight is 516 g/mol. The van der Waals surface area contributed by atoms with Gasteiger partial charge < -0.3 is 9.80 Å². The molecule has 4 aromatic rings. The first-order valence-corrected chi connectivity index (χ1v) is 11.6. The topological polar surface area (TPSA) is 67.2 Å². The minimum Gasteiger partial charge on any atom is -0.354 e. The van der Waals surface area contributed by atoms with E-state index in [1.165, 1.54) is 0 Å². The largest absolute Gasteiger partial charge is 0.417 e.